The molecule has 2 rings (SSSR count). The van der Waals surface area contributed by atoms with Gasteiger partial charge in [-0.15, -0.1) is 6.58 Å². The predicted molar refractivity (Wildman–Crippen MR) is 85.5 cm³/mol. The van der Waals surface area contributed by atoms with Crippen LogP contribution < -0.4 is 4.90 Å². The maximum absolute atomic E-state index is 5.78. The molecule has 0 radical (unpaired) electrons. The molecule has 0 amide bonds. The highest BCUT2D eigenvalue weighted by molar-refractivity contribution is 5.96. The molecule has 1 fully saturated rings. The lowest BCUT2D eigenvalue weighted by Crippen LogP contribution is -2.34. The Morgan fingerprint density at radius 3 is 2.70 bits per heavy atom. The van der Waals surface area contributed by atoms with Gasteiger partial charge in [0.05, 0.1) is 11.7 Å². The van der Waals surface area contributed by atoms with Crippen LogP contribution in [0.3, 0.4) is 0 Å². The SMILES string of the molecule is C=CC1COC(=NCCCC)N1c1c(C)cccc1C. The van der Waals surface area contributed by atoms with Crippen molar-refractivity contribution in [2.24, 2.45) is 4.99 Å². The van der Waals surface area contributed by atoms with Crippen molar-refractivity contribution in [2.75, 3.05) is 18.1 Å². The van der Waals surface area contributed by atoms with E-state index in [0.717, 1.165) is 25.4 Å². The van der Waals surface area contributed by atoms with Crippen LogP contribution in [0.5, 0.6) is 0 Å². The average molecular weight is 272 g/mol. The molecule has 0 aromatic heterocycles. The van der Waals surface area contributed by atoms with E-state index in [1.165, 1.54) is 16.8 Å². The van der Waals surface area contributed by atoms with E-state index < -0.39 is 0 Å². The van der Waals surface area contributed by atoms with E-state index in [4.69, 9.17) is 4.74 Å². The molecule has 0 saturated carbocycles. The number of aliphatic imine (C=N–C) groups is 1. The Morgan fingerprint density at radius 1 is 1.40 bits per heavy atom. The number of amidine groups is 1. The van der Waals surface area contributed by atoms with E-state index in [1.54, 1.807) is 0 Å². The third-order valence-corrected chi connectivity index (χ3v) is 3.63. The average Bonchev–Trinajstić information content (AvgIpc) is 2.82. The molecule has 1 atom stereocenters. The van der Waals surface area contributed by atoms with E-state index >= 15 is 0 Å². The van der Waals surface area contributed by atoms with Crippen LogP contribution in [-0.4, -0.2) is 25.2 Å². The van der Waals surface area contributed by atoms with Gasteiger partial charge in [0.15, 0.2) is 0 Å². The van der Waals surface area contributed by atoms with Gasteiger partial charge in [-0.25, -0.2) is 4.99 Å². The summed E-state index contributed by atoms with van der Waals surface area (Å²) in [6, 6.07) is 7.24. The summed E-state index contributed by atoms with van der Waals surface area (Å²) in [5.74, 6) is 0. The van der Waals surface area contributed by atoms with Gasteiger partial charge in [0, 0.05) is 6.54 Å². The van der Waals surface area contributed by atoms with Crippen molar-refractivity contribution in [3.63, 3.8) is 0 Å². The van der Waals surface area contributed by atoms with Crippen molar-refractivity contribution in [1.29, 1.82) is 0 Å². The summed E-state index contributed by atoms with van der Waals surface area (Å²) in [7, 11) is 0. The summed E-state index contributed by atoms with van der Waals surface area (Å²) in [5.41, 5.74) is 3.68. The van der Waals surface area contributed by atoms with Crippen LogP contribution in [0, 0.1) is 13.8 Å². The molecule has 1 aliphatic heterocycles. The van der Waals surface area contributed by atoms with Crippen molar-refractivity contribution >= 4 is 11.7 Å². The third kappa shape index (κ3) is 2.87. The topological polar surface area (TPSA) is 24.8 Å². The van der Waals surface area contributed by atoms with Gasteiger partial charge in [0.2, 0.25) is 0 Å². The van der Waals surface area contributed by atoms with Crippen molar-refractivity contribution in [3.8, 4) is 0 Å². The van der Waals surface area contributed by atoms with Gasteiger partial charge in [-0.1, -0.05) is 37.6 Å². The molecule has 1 aliphatic rings. The summed E-state index contributed by atoms with van der Waals surface area (Å²) < 4.78 is 5.78. The number of anilines is 1. The van der Waals surface area contributed by atoms with Crippen molar-refractivity contribution in [1.82, 2.24) is 0 Å². The van der Waals surface area contributed by atoms with Crippen molar-refractivity contribution in [3.05, 3.63) is 42.0 Å². The molecule has 3 nitrogen and oxygen atoms in total. The molecular formula is C17H24N2O. The van der Waals surface area contributed by atoms with E-state index in [-0.39, 0.29) is 6.04 Å². The third-order valence-electron chi connectivity index (χ3n) is 3.63. The normalized spacial score (nSPS) is 20.2. The number of nitrogens with zero attached hydrogens (tertiary/aromatic N) is 2. The Balaban J connectivity index is 2.37. The van der Waals surface area contributed by atoms with Gasteiger partial charge < -0.3 is 4.74 Å². The minimum atomic E-state index is 0.162. The number of rotatable bonds is 5. The molecule has 1 unspecified atom stereocenters. The summed E-state index contributed by atoms with van der Waals surface area (Å²) in [6.07, 6.45) is 4.17. The van der Waals surface area contributed by atoms with Gasteiger partial charge in [-0.2, -0.15) is 0 Å². The molecule has 20 heavy (non-hydrogen) atoms. The highest BCUT2D eigenvalue weighted by atomic mass is 16.5. The summed E-state index contributed by atoms with van der Waals surface area (Å²) in [5, 5.41) is 0. The quantitative estimate of drug-likeness (QED) is 0.601. The maximum Gasteiger partial charge on any atom is 0.292 e. The molecule has 1 aromatic rings. The first kappa shape index (κ1) is 14.6. The molecule has 0 bridgehead atoms. The molecule has 1 heterocycles. The van der Waals surface area contributed by atoms with Gasteiger partial charge in [-0.3, -0.25) is 4.90 Å². The molecule has 108 valence electrons. The zero-order valence-electron chi connectivity index (χ0n) is 12.7. The Kier molecular flexibility index (Phi) is 4.83. The first-order chi connectivity index (χ1) is 9.69. The molecule has 3 heteroatoms. The largest absolute Gasteiger partial charge is 0.462 e. The number of hydrogen-bond acceptors (Lipinski definition) is 2. The van der Waals surface area contributed by atoms with Crippen LogP contribution in [0.4, 0.5) is 5.69 Å². The van der Waals surface area contributed by atoms with Crippen LogP contribution in [-0.2, 0) is 4.74 Å². The highest BCUT2D eigenvalue weighted by Crippen LogP contribution is 2.30. The zero-order valence-corrected chi connectivity index (χ0v) is 12.7. The van der Waals surface area contributed by atoms with E-state index in [1.807, 2.05) is 6.08 Å². The number of benzene rings is 1. The lowest BCUT2D eigenvalue weighted by atomic mass is 10.1. The molecule has 0 N–H and O–H groups in total. The van der Waals surface area contributed by atoms with Crippen LogP contribution in [0.1, 0.15) is 30.9 Å². The van der Waals surface area contributed by atoms with Crippen LogP contribution in [0.2, 0.25) is 0 Å². The minimum absolute atomic E-state index is 0.162. The van der Waals surface area contributed by atoms with Crippen LogP contribution in [0.25, 0.3) is 0 Å². The lowest BCUT2D eigenvalue weighted by Gasteiger charge is -2.25. The fraction of sp³-hybridized carbons (Fsp3) is 0.471. The smallest absolute Gasteiger partial charge is 0.292 e. The Bertz CT molecular complexity index is 487. The fourth-order valence-electron chi connectivity index (χ4n) is 2.52. The van der Waals surface area contributed by atoms with E-state index in [2.05, 4.69) is 55.4 Å². The molecule has 0 spiro atoms. The van der Waals surface area contributed by atoms with Crippen molar-refractivity contribution in [2.45, 2.75) is 39.7 Å². The molecule has 1 aromatic carbocycles. The minimum Gasteiger partial charge on any atom is -0.462 e. The summed E-state index contributed by atoms with van der Waals surface area (Å²) in [6.45, 7) is 11.8. The second kappa shape index (κ2) is 6.60. The predicted octanol–water partition coefficient (Wildman–Crippen LogP) is 3.85. The monoisotopic (exact) mass is 272 g/mol. The number of hydrogen-bond donors (Lipinski definition) is 0. The second-order valence-electron chi connectivity index (χ2n) is 5.24. The standard InChI is InChI=1S/C17H24N2O/c1-5-7-11-18-17-19(15(6-2)12-20-17)16-13(3)9-8-10-14(16)4/h6,8-10,15H,2,5,7,11-12H2,1,3-4H3. The first-order valence-electron chi connectivity index (χ1n) is 7.34. The Morgan fingerprint density at radius 2 is 2.10 bits per heavy atom. The number of para-hydroxylation sites is 1. The number of ether oxygens (including phenoxy) is 1. The molecule has 1 saturated heterocycles. The van der Waals surface area contributed by atoms with E-state index in [0.29, 0.717) is 6.61 Å². The lowest BCUT2D eigenvalue weighted by molar-refractivity contribution is 0.337. The molecule has 0 aliphatic carbocycles. The number of aryl methyl sites for hydroxylation is 2. The fourth-order valence-corrected chi connectivity index (χ4v) is 2.52. The Labute approximate surface area is 122 Å². The van der Waals surface area contributed by atoms with Gasteiger partial charge >= 0.3 is 0 Å². The number of unbranched alkanes of at least 4 members (excludes halogenated alkanes) is 1. The zero-order chi connectivity index (χ0) is 14.5. The van der Waals surface area contributed by atoms with Gasteiger partial charge in [0.1, 0.15) is 6.61 Å². The second-order valence-corrected chi connectivity index (χ2v) is 5.24. The first-order valence-corrected chi connectivity index (χ1v) is 7.34. The van der Waals surface area contributed by atoms with E-state index in [9.17, 15) is 0 Å². The van der Waals surface area contributed by atoms with Crippen LogP contribution in [0.15, 0.2) is 35.8 Å². The highest BCUT2D eigenvalue weighted by Gasteiger charge is 2.32. The Hall–Kier alpha value is -1.77. The van der Waals surface area contributed by atoms with Gasteiger partial charge in [0.25, 0.3) is 6.02 Å². The summed E-state index contributed by atoms with van der Waals surface area (Å²) >= 11 is 0. The molecular weight excluding hydrogens is 248 g/mol. The van der Waals surface area contributed by atoms with Crippen LogP contribution >= 0.6 is 0 Å². The summed E-state index contributed by atoms with van der Waals surface area (Å²) in [4.78, 5) is 6.81. The maximum atomic E-state index is 5.78. The van der Waals surface area contributed by atoms with Gasteiger partial charge in [-0.05, 0) is 31.4 Å². The van der Waals surface area contributed by atoms with Crippen molar-refractivity contribution < 1.29 is 4.74 Å².